The first-order valence-corrected chi connectivity index (χ1v) is 8.20. The molecule has 21 heavy (non-hydrogen) atoms. The van der Waals surface area contributed by atoms with E-state index in [1.54, 1.807) is 6.07 Å². The Morgan fingerprint density at radius 2 is 1.86 bits per heavy atom. The van der Waals surface area contributed by atoms with Crippen molar-refractivity contribution in [1.82, 2.24) is 5.32 Å². The molecular formula is C16H24Cl2N2O. The number of carbonyl (C=O) groups excluding carboxylic acids is 1. The molecule has 0 aliphatic carbocycles. The second-order valence-electron chi connectivity index (χ2n) is 5.71. The lowest BCUT2D eigenvalue weighted by atomic mass is 10.0. The third-order valence-electron chi connectivity index (χ3n) is 3.31. The van der Waals surface area contributed by atoms with Crippen molar-refractivity contribution >= 4 is 34.8 Å². The van der Waals surface area contributed by atoms with E-state index in [2.05, 4.69) is 19.2 Å². The molecule has 0 saturated heterocycles. The summed E-state index contributed by atoms with van der Waals surface area (Å²) in [5, 5.41) is 3.47. The molecule has 0 aliphatic heterocycles. The average Bonchev–Trinajstić information content (AvgIpc) is 2.42. The summed E-state index contributed by atoms with van der Waals surface area (Å²) in [6.07, 6.45) is 5.87. The Kier molecular flexibility index (Phi) is 7.91. The van der Waals surface area contributed by atoms with Gasteiger partial charge in [-0.25, -0.2) is 0 Å². The fraction of sp³-hybridized carbons (Fsp3) is 0.562. The second-order valence-corrected chi connectivity index (χ2v) is 6.50. The number of anilines is 1. The van der Waals surface area contributed by atoms with E-state index in [-0.39, 0.29) is 5.91 Å². The van der Waals surface area contributed by atoms with Crippen molar-refractivity contribution in [3.8, 4) is 0 Å². The van der Waals surface area contributed by atoms with Gasteiger partial charge in [0.25, 0.3) is 5.91 Å². The van der Waals surface area contributed by atoms with E-state index in [1.807, 2.05) is 0 Å². The number of nitrogens with two attached hydrogens (primary N) is 1. The summed E-state index contributed by atoms with van der Waals surface area (Å²) < 4.78 is 0. The molecule has 0 heterocycles. The normalized spacial score (nSPS) is 10.9. The Hall–Kier alpha value is -0.930. The Labute approximate surface area is 137 Å². The Balaban J connectivity index is 2.28. The largest absolute Gasteiger partial charge is 0.397 e. The fourth-order valence-corrected chi connectivity index (χ4v) is 2.41. The van der Waals surface area contributed by atoms with E-state index in [0.29, 0.717) is 27.8 Å². The number of amides is 1. The zero-order valence-corrected chi connectivity index (χ0v) is 14.2. The summed E-state index contributed by atoms with van der Waals surface area (Å²) in [4.78, 5) is 12.0. The van der Waals surface area contributed by atoms with Crippen LogP contribution in [-0.4, -0.2) is 12.5 Å². The molecule has 0 bridgehead atoms. The standard InChI is InChI=1S/C16H24Cl2N2O/c1-11(2)7-5-3-4-6-8-20-16(21)12-9-13(17)15(18)14(19)10-12/h9-11H,3-8,19H2,1-2H3,(H,20,21). The maximum atomic E-state index is 12.0. The van der Waals surface area contributed by atoms with Crippen LogP contribution in [-0.2, 0) is 0 Å². The number of nitrogen functional groups attached to an aromatic ring is 1. The minimum atomic E-state index is -0.164. The highest BCUT2D eigenvalue weighted by molar-refractivity contribution is 6.43. The topological polar surface area (TPSA) is 55.1 Å². The summed E-state index contributed by atoms with van der Waals surface area (Å²) in [5.41, 5.74) is 6.47. The molecule has 5 heteroatoms. The van der Waals surface area contributed by atoms with Crippen molar-refractivity contribution in [1.29, 1.82) is 0 Å². The van der Waals surface area contributed by atoms with Crippen LogP contribution in [0.5, 0.6) is 0 Å². The lowest BCUT2D eigenvalue weighted by Crippen LogP contribution is -2.24. The lowest BCUT2D eigenvalue weighted by Gasteiger charge is -2.08. The minimum Gasteiger partial charge on any atom is -0.397 e. The highest BCUT2D eigenvalue weighted by Gasteiger charge is 2.10. The van der Waals surface area contributed by atoms with E-state index in [9.17, 15) is 4.79 Å². The van der Waals surface area contributed by atoms with Gasteiger partial charge in [-0.15, -0.1) is 0 Å². The third-order valence-corrected chi connectivity index (χ3v) is 4.13. The van der Waals surface area contributed by atoms with E-state index < -0.39 is 0 Å². The van der Waals surface area contributed by atoms with E-state index in [4.69, 9.17) is 28.9 Å². The number of carbonyl (C=O) groups is 1. The van der Waals surface area contributed by atoms with E-state index >= 15 is 0 Å². The van der Waals surface area contributed by atoms with Crippen molar-refractivity contribution in [3.63, 3.8) is 0 Å². The van der Waals surface area contributed by atoms with Gasteiger partial charge in [0.05, 0.1) is 15.7 Å². The van der Waals surface area contributed by atoms with Crippen molar-refractivity contribution in [2.45, 2.75) is 46.0 Å². The smallest absolute Gasteiger partial charge is 0.251 e. The molecule has 1 aromatic rings. The van der Waals surface area contributed by atoms with Gasteiger partial charge in [-0.1, -0.05) is 62.7 Å². The number of unbranched alkanes of at least 4 members (excludes halogenated alkanes) is 3. The van der Waals surface area contributed by atoms with E-state index in [1.165, 1.54) is 25.3 Å². The van der Waals surface area contributed by atoms with Gasteiger partial charge in [0.1, 0.15) is 0 Å². The molecule has 0 fully saturated rings. The van der Waals surface area contributed by atoms with Gasteiger partial charge in [-0.2, -0.15) is 0 Å². The van der Waals surface area contributed by atoms with Crippen LogP contribution < -0.4 is 11.1 Å². The molecule has 1 rings (SSSR count). The molecule has 3 N–H and O–H groups in total. The quantitative estimate of drug-likeness (QED) is 0.525. The SMILES string of the molecule is CC(C)CCCCCCNC(=O)c1cc(N)c(Cl)c(Cl)c1. The molecule has 1 aromatic carbocycles. The summed E-state index contributed by atoms with van der Waals surface area (Å²) in [6, 6.07) is 3.09. The van der Waals surface area contributed by atoms with Gasteiger partial charge in [0, 0.05) is 12.1 Å². The van der Waals surface area contributed by atoms with Gasteiger partial charge in [0.2, 0.25) is 0 Å². The molecule has 0 radical (unpaired) electrons. The molecule has 3 nitrogen and oxygen atoms in total. The molecule has 0 spiro atoms. The molecule has 0 aromatic heterocycles. The first-order chi connectivity index (χ1) is 9.91. The summed E-state index contributed by atoms with van der Waals surface area (Å²) in [6.45, 7) is 5.15. The maximum absolute atomic E-state index is 12.0. The molecule has 0 atom stereocenters. The first kappa shape index (κ1) is 18.1. The fourth-order valence-electron chi connectivity index (χ4n) is 2.08. The number of halogens is 2. The van der Waals surface area contributed by atoms with Crippen LogP contribution in [0.4, 0.5) is 5.69 Å². The molecule has 1 amide bonds. The van der Waals surface area contributed by atoms with Crippen LogP contribution >= 0.6 is 23.2 Å². The summed E-state index contributed by atoms with van der Waals surface area (Å²) >= 11 is 11.8. The number of benzene rings is 1. The summed E-state index contributed by atoms with van der Waals surface area (Å²) in [7, 11) is 0. The number of rotatable bonds is 8. The molecule has 0 saturated carbocycles. The second kappa shape index (κ2) is 9.16. The Bertz CT molecular complexity index is 452. The Morgan fingerprint density at radius 3 is 2.48 bits per heavy atom. The van der Waals surface area contributed by atoms with Crippen LogP contribution in [0, 0.1) is 5.92 Å². The highest BCUT2D eigenvalue weighted by Crippen LogP contribution is 2.29. The van der Waals surface area contributed by atoms with E-state index in [0.717, 1.165) is 18.8 Å². The zero-order chi connectivity index (χ0) is 15.8. The van der Waals surface area contributed by atoms with Crippen molar-refractivity contribution in [2.75, 3.05) is 12.3 Å². The predicted molar refractivity (Wildman–Crippen MR) is 91.1 cm³/mol. The average molecular weight is 331 g/mol. The van der Waals surface area contributed by atoms with Crippen LogP contribution in [0.3, 0.4) is 0 Å². The van der Waals surface area contributed by atoms with Crippen LogP contribution in [0.2, 0.25) is 10.0 Å². The van der Waals surface area contributed by atoms with Crippen LogP contribution in [0.15, 0.2) is 12.1 Å². The van der Waals surface area contributed by atoms with Gasteiger partial charge in [-0.05, 0) is 24.5 Å². The lowest BCUT2D eigenvalue weighted by molar-refractivity contribution is 0.0953. The first-order valence-electron chi connectivity index (χ1n) is 7.44. The van der Waals surface area contributed by atoms with Crippen molar-refractivity contribution in [3.05, 3.63) is 27.7 Å². The number of hydrogen-bond donors (Lipinski definition) is 2. The van der Waals surface area contributed by atoms with Gasteiger partial charge in [-0.3, -0.25) is 4.79 Å². The third kappa shape index (κ3) is 6.58. The van der Waals surface area contributed by atoms with Crippen molar-refractivity contribution < 1.29 is 4.79 Å². The maximum Gasteiger partial charge on any atom is 0.251 e. The monoisotopic (exact) mass is 330 g/mol. The predicted octanol–water partition coefficient (Wildman–Crippen LogP) is 4.91. The van der Waals surface area contributed by atoms with Gasteiger partial charge < -0.3 is 11.1 Å². The highest BCUT2D eigenvalue weighted by atomic mass is 35.5. The molecule has 0 aliphatic rings. The van der Waals surface area contributed by atoms with Gasteiger partial charge >= 0.3 is 0 Å². The Morgan fingerprint density at radius 1 is 1.19 bits per heavy atom. The molecule has 0 unspecified atom stereocenters. The van der Waals surface area contributed by atoms with Crippen molar-refractivity contribution in [2.24, 2.45) is 5.92 Å². The van der Waals surface area contributed by atoms with Crippen LogP contribution in [0.1, 0.15) is 56.3 Å². The minimum absolute atomic E-state index is 0.164. The zero-order valence-electron chi connectivity index (χ0n) is 12.7. The number of nitrogens with one attached hydrogen (secondary N) is 1. The van der Waals surface area contributed by atoms with Gasteiger partial charge in [0.15, 0.2) is 0 Å². The summed E-state index contributed by atoms with van der Waals surface area (Å²) in [5.74, 6) is 0.604. The van der Waals surface area contributed by atoms with Crippen LogP contribution in [0.25, 0.3) is 0 Å². The molecular weight excluding hydrogens is 307 g/mol. The number of hydrogen-bond acceptors (Lipinski definition) is 2. The molecule has 118 valence electrons.